The van der Waals surface area contributed by atoms with Crippen LogP contribution in [-0.2, 0) is 4.79 Å². The SMILES string of the molecule is C=CC1CC(=O)N(c2cnccc2C(=O)O)C1. The van der Waals surface area contributed by atoms with E-state index in [-0.39, 0.29) is 17.4 Å². The van der Waals surface area contributed by atoms with Crippen molar-refractivity contribution in [1.82, 2.24) is 4.98 Å². The summed E-state index contributed by atoms with van der Waals surface area (Å²) in [5.74, 6) is -1.08. The Hall–Kier alpha value is -2.17. The molecule has 2 rings (SSSR count). The number of carboxylic acids is 1. The van der Waals surface area contributed by atoms with Crippen molar-refractivity contribution in [3.05, 3.63) is 36.7 Å². The molecule has 88 valence electrons. The number of hydrogen-bond donors (Lipinski definition) is 1. The summed E-state index contributed by atoms with van der Waals surface area (Å²) < 4.78 is 0. The molecule has 1 atom stereocenters. The van der Waals surface area contributed by atoms with E-state index in [2.05, 4.69) is 11.6 Å². The van der Waals surface area contributed by atoms with E-state index in [1.165, 1.54) is 23.4 Å². The Balaban J connectivity index is 2.38. The average molecular weight is 232 g/mol. The van der Waals surface area contributed by atoms with Crippen LogP contribution in [0.2, 0.25) is 0 Å². The van der Waals surface area contributed by atoms with Crippen LogP contribution >= 0.6 is 0 Å². The second-order valence-corrected chi connectivity index (χ2v) is 3.90. The van der Waals surface area contributed by atoms with Crippen LogP contribution in [0.5, 0.6) is 0 Å². The molecule has 0 radical (unpaired) electrons. The van der Waals surface area contributed by atoms with Crippen LogP contribution in [-0.4, -0.2) is 28.5 Å². The van der Waals surface area contributed by atoms with Gasteiger partial charge < -0.3 is 10.0 Å². The minimum absolute atomic E-state index is 0.0735. The lowest BCUT2D eigenvalue weighted by Gasteiger charge is -2.17. The monoisotopic (exact) mass is 232 g/mol. The van der Waals surface area contributed by atoms with E-state index in [4.69, 9.17) is 5.11 Å². The normalized spacial score (nSPS) is 19.4. The van der Waals surface area contributed by atoms with Gasteiger partial charge in [0, 0.05) is 25.1 Å². The van der Waals surface area contributed by atoms with Gasteiger partial charge in [-0.3, -0.25) is 9.78 Å². The molecule has 1 aromatic heterocycles. The van der Waals surface area contributed by atoms with Crippen LogP contribution in [0.3, 0.4) is 0 Å². The summed E-state index contributed by atoms with van der Waals surface area (Å²) in [4.78, 5) is 28.2. The third kappa shape index (κ3) is 2.04. The Bertz CT molecular complexity index is 484. The standard InChI is InChI=1S/C12H12N2O3/c1-2-8-5-11(15)14(7-8)10-6-13-4-3-9(10)12(16)17/h2-4,6,8H,1,5,7H2,(H,16,17). The van der Waals surface area contributed by atoms with Crippen LogP contribution in [0.25, 0.3) is 0 Å². The molecule has 1 N–H and O–H groups in total. The van der Waals surface area contributed by atoms with Crippen molar-refractivity contribution >= 4 is 17.6 Å². The Morgan fingerprint density at radius 3 is 3.00 bits per heavy atom. The fourth-order valence-electron chi connectivity index (χ4n) is 1.91. The Kier molecular flexibility index (Phi) is 2.91. The molecule has 1 aliphatic rings. The number of hydrogen-bond acceptors (Lipinski definition) is 3. The third-order valence-corrected chi connectivity index (χ3v) is 2.81. The highest BCUT2D eigenvalue weighted by molar-refractivity contribution is 6.02. The maximum Gasteiger partial charge on any atom is 0.337 e. The van der Waals surface area contributed by atoms with Crippen LogP contribution in [0.15, 0.2) is 31.1 Å². The van der Waals surface area contributed by atoms with E-state index in [1.54, 1.807) is 6.08 Å². The van der Waals surface area contributed by atoms with Gasteiger partial charge in [-0.1, -0.05) is 6.08 Å². The maximum atomic E-state index is 11.8. The van der Waals surface area contributed by atoms with E-state index < -0.39 is 5.97 Å². The smallest absolute Gasteiger partial charge is 0.337 e. The topological polar surface area (TPSA) is 70.5 Å². The van der Waals surface area contributed by atoms with E-state index in [0.717, 1.165) is 0 Å². The number of aromatic nitrogens is 1. The molecule has 17 heavy (non-hydrogen) atoms. The summed E-state index contributed by atoms with van der Waals surface area (Å²) >= 11 is 0. The molecule has 1 unspecified atom stereocenters. The van der Waals surface area contributed by atoms with Gasteiger partial charge in [0.1, 0.15) is 0 Å². The molecule has 1 saturated heterocycles. The van der Waals surface area contributed by atoms with Crippen molar-refractivity contribution < 1.29 is 14.7 Å². The first-order chi connectivity index (χ1) is 8.13. The summed E-state index contributed by atoms with van der Waals surface area (Å²) in [6.07, 6.45) is 4.90. The van der Waals surface area contributed by atoms with E-state index in [0.29, 0.717) is 18.7 Å². The number of carbonyl (C=O) groups excluding carboxylic acids is 1. The van der Waals surface area contributed by atoms with Crippen molar-refractivity contribution in [2.45, 2.75) is 6.42 Å². The molecule has 0 aromatic carbocycles. The first-order valence-electron chi connectivity index (χ1n) is 5.23. The highest BCUT2D eigenvalue weighted by Gasteiger charge is 2.31. The second-order valence-electron chi connectivity index (χ2n) is 3.90. The van der Waals surface area contributed by atoms with Crippen molar-refractivity contribution in [2.75, 3.05) is 11.4 Å². The van der Waals surface area contributed by atoms with Crippen LogP contribution < -0.4 is 4.90 Å². The van der Waals surface area contributed by atoms with Gasteiger partial charge in [0.25, 0.3) is 0 Å². The van der Waals surface area contributed by atoms with Crippen molar-refractivity contribution in [1.29, 1.82) is 0 Å². The number of carboxylic acid groups (broad SMARTS) is 1. The lowest BCUT2D eigenvalue weighted by atomic mass is 10.1. The first-order valence-corrected chi connectivity index (χ1v) is 5.23. The van der Waals surface area contributed by atoms with Gasteiger partial charge in [-0.15, -0.1) is 6.58 Å². The number of rotatable bonds is 3. The van der Waals surface area contributed by atoms with Gasteiger partial charge >= 0.3 is 5.97 Å². The number of amides is 1. The molecule has 1 fully saturated rings. The predicted molar refractivity (Wildman–Crippen MR) is 61.9 cm³/mol. The summed E-state index contributed by atoms with van der Waals surface area (Å²) in [6.45, 7) is 4.12. The largest absolute Gasteiger partial charge is 0.478 e. The van der Waals surface area contributed by atoms with Gasteiger partial charge in [-0.2, -0.15) is 0 Å². The molecule has 1 amide bonds. The molecular weight excluding hydrogens is 220 g/mol. The molecule has 0 aliphatic carbocycles. The quantitative estimate of drug-likeness (QED) is 0.798. The summed E-state index contributed by atoms with van der Waals surface area (Å²) in [6, 6.07) is 1.40. The maximum absolute atomic E-state index is 11.8. The second kappa shape index (κ2) is 4.37. The first kappa shape index (κ1) is 11.3. The summed E-state index contributed by atoms with van der Waals surface area (Å²) in [5, 5.41) is 9.05. The zero-order chi connectivity index (χ0) is 12.4. The van der Waals surface area contributed by atoms with E-state index >= 15 is 0 Å². The Labute approximate surface area is 98.4 Å². The van der Waals surface area contributed by atoms with Gasteiger partial charge in [-0.05, 0) is 6.07 Å². The molecule has 1 aliphatic heterocycles. The van der Waals surface area contributed by atoms with Crippen molar-refractivity contribution in [3.8, 4) is 0 Å². The molecule has 5 heteroatoms. The lowest BCUT2D eigenvalue weighted by molar-refractivity contribution is -0.117. The molecule has 1 aromatic rings. The Morgan fingerprint density at radius 2 is 2.41 bits per heavy atom. The van der Waals surface area contributed by atoms with Crippen LogP contribution in [0, 0.1) is 5.92 Å². The third-order valence-electron chi connectivity index (χ3n) is 2.81. The fourth-order valence-corrected chi connectivity index (χ4v) is 1.91. The Morgan fingerprint density at radius 1 is 1.65 bits per heavy atom. The van der Waals surface area contributed by atoms with Gasteiger partial charge in [0.2, 0.25) is 5.91 Å². The molecule has 5 nitrogen and oxygen atoms in total. The minimum atomic E-state index is -1.06. The zero-order valence-corrected chi connectivity index (χ0v) is 9.17. The van der Waals surface area contributed by atoms with Crippen molar-refractivity contribution in [2.24, 2.45) is 5.92 Å². The van der Waals surface area contributed by atoms with Crippen molar-refractivity contribution in [3.63, 3.8) is 0 Å². The highest BCUT2D eigenvalue weighted by atomic mass is 16.4. The van der Waals surface area contributed by atoms with Gasteiger partial charge in [0.15, 0.2) is 0 Å². The lowest BCUT2D eigenvalue weighted by Crippen LogP contribution is -2.26. The summed E-state index contributed by atoms with van der Waals surface area (Å²) in [7, 11) is 0. The number of aromatic carboxylic acids is 1. The number of anilines is 1. The molecule has 0 spiro atoms. The molecule has 2 heterocycles. The average Bonchev–Trinajstić information content (AvgIpc) is 2.70. The minimum Gasteiger partial charge on any atom is -0.478 e. The summed E-state index contributed by atoms with van der Waals surface area (Å²) in [5.41, 5.74) is 0.451. The van der Waals surface area contributed by atoms with Crippen LogP contribution in [0.1, 0.15) is 16.8 Å². The number of pyridine rings is 1. The molecule has 0 bridgehead atoms. The van der Waals surface area contributed by atoms with Crippen LogP contribution in [0.4, 0.5) is 5.69 Å². The zero-order valence-electron chi connectivity index (χ0n) is 9.17. The van der Waals surface area contributed by atoms with Gasteiger partial charge in [0.05, 0.1) is 17.4 Å². The molecule has 0 saturated carbocycles. The van der Waals surface area contributed by atoms with Gasteiger partial charge in [-0.25, -0.2) is 4.79 Å². The number of carbonyl (C=O) groups is 2. The predicted octanol–water partition coefficient (Wildman–Crippen LogP) is 1.32. The molecular formula is C12H12N2O3. The highest BCUT2D eigenvalue weighted by Crippen LogP contribution is 2.27. The number of nitrogens with zero attached hydrogens (tertiary/aromatic N) is 2. The van der Waals surface area contributed by atoms with E-state index in [1.807, 2.05) is 0 Å². The fraction of sp³-hybridized carbons (Fsp3) is 0.250. The van der Waals surface area contributed by atoms with E-state index in [9.17, 15) is 9.59 Å².